The second-order valence-corrected chi connectivity index (χ2v) is 7.97. The molecule has 0 aromatic rings. The Morgan fingerprint density at radius 3 is 2.81 bits per heavy atom. The summed E-state index contributed by atoms with van der Waals surface area (Å²) in [5.74, 6) is -0.142. The highest BCUT2D eigenvalue weighted by Gasteiger charge is 2.34. The van der Waals surface area contributed by atoms with Gasteiger partial charge in [-0.05, 0) is 44.9 Å². The fourth-order valence-corrected chi connectivity index (χ4v) is 4.28. The van der Waals surface area contributed by atoms with Crippen LogP contribution in [-0.4, -0.2) is 44.0 Å². The summed E-state index contributed by atoms with van der Waals surface area (Å²) in [4.78, 5) is 12.3. The Morgan fingerprint density at radius 1 is 1.33 bits per heavy atom. The zero-order valence-electron chi connectivity index (χ0n) is 12.8. The van der Waals surface area contributed by atoms with Gasteiger partial charge in [-0.15, -0.1) is 0 Å². The van der Waals surface area contributed by atoms with Crippen LogP contribution in [0.5, 0.6) is 0 Å². The van der Waals surface area contributed by atoms with E-state index in [1.54, 1.807) is 0 Å². The lowest BCUT2D eigenvalue weighted by Gasteiger charge is -2.32. The number of amides is 1. The van der Waals surface area contributed by atoms with E-state index in [4.69, 9.17) is 0 Å². The fourth-order valence-electron chi connectivity index (χ4n) is 3.16. The molecule has 120 valence electrons. The van der Waals surface area contributed by atoms with Crippen molar-refractivity contribution in [1.29, 1.82) is 0 Å². The predicted octanol–water partition coefficient (Wildman–Crippen LogP) is 1.81. The Balaban J connectivity index is 1.84. The minimum atomic E-state index is -3.30. The van der Waals surface area contributed by atoms with Gasteiger partial charge in [-0.25, -0.2) is 8.42 Å². The standard InChI is InChI=1S/C15H26N2O3S/c1-21(19,20)17-12-6-5-9-14(17)15(18)16-11-10-13-7-3-2-4-8-13/h7,14H,2-6,8-12H2,1H3,(H,16,18). The first kappa shape index (κ1) is 16.5. The summed E-state index contributed by atoms with van der Waals surface area (Å²) in [6, 6.07) is -0.519. The highest BCUT2D eigenvalue weighted by Crippen LogP contribution is 2.21. The molecule has 21 heavy (non-hydrogen) atoms. The SMILES string of the molecule is CS(=O)(=O)N1CCCCC1C(=O)NCCC1=CCCCC1. The van der Waals surface area contributed by atoms with Gasteiger partial charge in [0.05, 0.1) is 6.26 Å². The van der Waals surface area contributed by atoms with Gasteiger partial charge in [0, 0.05) is 13.1 Å². The number of sulfonamides is 1. The third-order valence-corrected chi connectivity index (χ3v) is 5.60. The molecule has 0 aromatic heterocycles. The lowest BCUT2D eigenvalue weighted by Crippen LogP contribution is -2.51. The van der Waals surface area contributed by atoms with E-state index in [9.17, 15) is 13.2 Å². The van der Waals surface area contributed by atoms with E-state index in [0.29, 0.717) is 19.5 Å². The monoisotopic (exact) mass is 314 g/mol. The largest absolute Gasteiger partial charge is 0.354 e. The van der Waals surface area contributed by atoms with Gasteiger partial charge in [0.2, 0.25) is 15.9 Å². The van der Waals surface area contributed by atoms with Crippen molar-refractivity contribution < 1.29 is 13.2 Å². The molecule has 1 aliphatic heterocycles. The second kappa shape index (κ2) is 7.40. The Labute approximate surface area is 127 Å². The Bertz CT molecular complexity index is 499. The van der Waals surface area contributed by atoms with Crippen LogP contribution >= 0.6 is 0 Å². The van der Waals surface area contributed by atoms with E-state index in [2.05, 4.69) is 11.4 Å². The molecule has 0 saturated carbocycles. The molecule has 0 radical (unpaired) electrons. The average molecular weight is 314 g/mol. The maximum Gasteiger partial charge on any atom is 0.238 e. The predicted molar refractivity (Wildman–Crippen MR) is 83.4 cm³/mol. The van der Waals surface area contributed by atoms with Crippen molar-refractivity contribution >= 4 is 15.9 Å². The summed E-state index contributed by atoms with van der Waals surface area (Å²) in [6.07, 6.45) is 11.5. The van der Waals surface area contributed by atoms with Gasteiger partial charge < -0.3 is 5.32 Å². The number of allylic oxidation sites excluding steroid dienone is 1. The number of hydrogen-bond donors (Lipinski definition) is 1. The number of rotatable bonds is 5. The molecule has 1 aliphatic carbocycles. The molecule has 1 amide bonds. The Kier molecular flexibility index (Phi) is 5.81. The number of piperidine rings is 1. The third kappa shape index (κ3) is 4.81. The molecule has 0 bridgehead atoms. The van der Waals surface area contributed by atoms with E-state index in [1.165, 1.54) is 29.0 Å². The molecule has 1 fully saturated rings. The molecule has 6 heteroatoms. The highest BCUT2D eigenvalue weighted by atomic mass is 32.2. The van der Waals surface area contributed by atoms with Crippen LogP contribution < -0.4 is 5.32 Å². The van der Waals surface area contributed by atoms with E-state index in [-0.39, 0.29) is 5.91 Å². The van der Waals surface area contributed by atoms with Crippen LogP contribution in [-0.2, 0) is 14.8 Å². The number of hydrogen-bond acceptors (Lipinski definition) is 3. The first-order valence-electron chi connectivity index (χ1n) is 7.91. The van der Waals surface area contributed by atoms with E-state index < -0.39 is 16.1 Å². The first-order valence-corrected chi connectivity index (χ1v) is 9.76. The summed E-state index contributed by atoms with van der Waals surface area (Å²) < 4.78 is 24.9. The number of carbonyl (C=O) groups is 1. The number of nitrogens with zero attached hydrogens (tertiary/aromatic N) is 1. The summed E-state index contributed by atoms with van der Waals surface area (Å²) >= 11 is 0. The van der Waals surface area contributed by atoms with Crippen molar-refractivity contribution in [1.82, 2.24) is 9.62 Å². The zero-order chi connectivity index (χ0) is 15.3. The molecular formula is C15H26N2O3S. The maximum atomic E-state index is 12.3. The van der Waals surface area contributed by atoms with Crippen LogP contribution in [0.25, 0.3) is 0 Å². The number of carbonyl (C=O) groups excluding carboxylic acids is 1. The highest BCUT2D eigenvalue weighted by molar-refractivity contribution is 7.88. The molecule has 1 atom stereocenters. The van der Waals surface area contributed by atoms with E-state index >= 15 is 0 Å². The smallest absolute Gasteiger partial charge is 0.238 e. The van der Waals surface area contributed by atoms with Crippen molar-refractivity contribution in [2.75, 3.05) is 19.3 Å². The van der Waals surface area contributed by atoms with E-state index in [1.807, 2.05) is 0 Å². The molecule has 2 aliphatic rings. The summed E-state index contributed by atoms with van der Waals surface area (Å²) in [5.41, 5.74) is 1.42. The molecule has 0 spiro atoms. The second-order valence-electron chi connectivity index (χ2n) is 6.03. The molecule has 1 unspecified atom stereocenters. The van der Waals surface area contributed by atoms with Crippen LogP contribution in [0.3, 0.4) is 0 Å². The van der Waals surface area contributed by atoms with Crippen LogP contribution in [0.15, 0.2) is 11.6 Å². The lowest BCUT2D eigenvalue weighted by molar-refractivity contribution is -0.125. The number of nitrogens with one attached hydrogen (secondary N) is 1. The maximum absolute atomic E-state index is 12.3. The topological polar surface area (TPSA) is 66.5 Å². The van der Waals surface area contributed by atoms with Crippen molar-refractivity contribution in [2.45, 2.75) is 57.4 Å². The Morgan fingerprint density at radius 2 is 2.14 bits per heavy atom. The van der Waals surface area contributed by atoms with Crippen molar-refractivity contribution in [3.63, 3.8) is 0 Å². The van der Waals surface area contributed by atoms with Gasteiger partial charge in [-0.1, -0.05) is 18.1 Å². The molecule has 5 nitrogen and oxygen atoms in total. The van der Waals surface area contributed by atoms with Crippen molar-refractivity contribution in [2.24, 2.45) is 0 Å². The van der Waals surface area contributed by atoms with Gasteiger partial charge in [-0.3, -0.25) is 4.79 Å². The van der Waals surface area contributed by atoms with E-state index in [0.717, 1.165) is 32.1 Å². The molecule has 1 saturated heterocycles. The third-order valence-electron chi connectivity index (χ3n) is 4.31. The molecular weight excluding hydrogens is 288 g/mol. The summed E-state index contributed by atoms with van der Waals surface area (Å²) in [7, 11) is -3.30. The first-order chi connectivity index (χ1) is 9.98. The van der Waals surface area contributed by atoms with Gasteiger partial charge in [-0.2, -0.15) is 4.31 Å². The quantitative estimate of drug-likeness (QED) is 0.787. The lowest BCUT2D eigenvalue weighted by atomic mass is 9.97. The molecule has 0 aromatic carbocycles. The van der Waals surface area contributed by atoms with Crippen molar-refractivity contribution in [3.05, 3.63) is 11.6 Å². The minimum Gasteiger partial charge on any atom is -0.354 e. The zero-order valence-corrected chi connectivity index (χ0v) is 13.6. The van der Waals surface area contributed by atoms with Gasteiger partial charge >= 0.3 is 0 Å². The Hall–Kier alpha value is -0.880. The molecule has 2 rings (SSSR count). The van der Waals surface area contributed by atoms with Gasteiger partial charge in [0.25, 0.3) is 0 Å². The average Bonchev–Trinajstić information content (AvgIpc) is 2.47. The van der Waals surface area contributed by atoms with Crippen LogP contribution in [0, 0.1) is 0 Å². The summed E-state index contributed by atoms with van der Waals surface area (Å²) in [5, 5.41) is 2.92. The van der Waals surface area contributed by atoms with Crippen molar-refractivity contribution in [3.8, 4) is 0 Å². The minimum absolute atomic E-state index is 0.142. The van der Waals surface area contributed by atoms with Crippen LogP contribution in [0.1, 0.15) is 51.4 Å². The van der Waals surface area contributed by atoms with Crippen LogP contribution in [0.2, 0.25) is 0 Å². The molecule has 1 heterocycles. The summed E-state index contributed by atoms with van der Waals surface area (Å²) in [6.45, 7) is 1.07. The van der Waals surface area contributed by atoms with Gasteiger partial charge in [0.1, 0.15) is 6.04 Å². The normalized spacial score (nSPS) is 24.4. The van der Waals surface area contributed by atoms with Gasteiger partial charge in [0.15, 0.2) is 0 Å². The fraction of sp³-hybridized carbons (Fsp3) is 0.800. The molecule has 1 N–H and O–H groups in total. The van der Waals surface area contributed by atoms with Crippen LogP contribution in [0.4, 0.5) is 0 Å².